The summed E-state index contributed by atoms with van der Waals surface area (Å²) in [6, 6.07) is 3.69. The van der Waals surface area contributed by atoms with Gasteiger partial charge >= 0.3 is 0 Å². The highest BCUT2D eigenvalue weighted by molar-refractivity contribution is 5.17. The molecule has 0 spiro atoms. The first kappa shape index (κ1) is 10.4. The van der Waals surface area contributed by atoms with Crippen LogP contribution in [0.15, 0.2) is 18.3 Å². The van der Waals surface area contributed by atoms with Gasteiger partial charge in [0.1, 0.15) is 6.61 Å². The molecule has 1 unspecified atom stereocenters. The molecule has 82 valence electrons. The lowest BCUT2D eigenvalue weighted by Crippen LogP contribution is -2.30. The molecule has 15 heavy (non-hydrogen) atoms. The van der Waals surface area contributed by atoms with E-state index < -0.39 is 5.95 Å². The maximum absolute atomic E-state index is 13.1. The minimum Gasteiger partial charge on any atom is -0.487 e. The Morgan fingerprint density at radius 2 is 2.53 bits per heavy atom. The minimum absolute atomic E-state index is 0.248. The van der Waals surface area contributed by atoms with Gasteiger partial charge in [0.05, 0.1) is 0 Å². The van der Waals surface area contributed by atoms with Crippen LogP contribution in [0.5, 0.6) is 5.75 Å². The van der Waals surface area contributed by atoms with E-state index in [1.54, 1.807) is 12.1 Å². The minimum atomic E-state index is -0.529. The van der Waals surface area contributed by atoms with Gasteiger partial charge < -0.3 is 9.64 Å². The second kappa shape index (κ2) is 4.57. The standard InChI is InChI=1S/C11H15FN2O/c1-14-7-3-4-9(14)8-15-10-5-2-6-13-11(10)12/h2,5-6,9H,3-4,7-8H2,1H3. The first-order valence-electron chi connectivity index (χ1n) is 5.21. The SMILES string of the molecule is CN1CCCC1COc1cccnc1F. The zero-order valence-corrected chi connectivity index (χ0v) is 8.82. The number of pyridine rings is 1. The van der Waals surface area contributed by atoms with Crippen molar-refractivity contribution < 1.29 is 9.13 Å². The third-order valence-corrected chi connectivity index (χ3v) is 2.83. The molecule has 2 rings (SSSR count). The second-order valence-electron chi connectivity index (χ2n) is 3.88. The lowest BCUT2D eigenvalue weighted by atomic mass is 10.2. The normalized spacial score (nSPS) is 21.9. The van der Waals surface area contributed by atoms with Crippen LogP contribution in [0.2, 0.25) is 0 Å². The molecule has 1 aromatic rings. The van der Waals surface area contributed by atoms with E-state index >= 15 is 0 Å². The van der Waals surface area contributed by atoms with Crippen molar-refractivity contribution in [3.05, 3.63) is 24.3 Å². The molecule has 3 nitrogen and oxygen atoms in total. The summed E-state index contributed by atoms with van der Waals surface area (Å²) in [5.41, 5.74) is 0. The van der Waals surface area contributed by atoms with Crippen LogP contribution in [0.25, 0.3) is 0 Å². The Bertz CT molecular complexity index is 332. The van der Waals surface area contributed by atoms with Gasteiger partial charge in [-0.1, -0.05) is 0 Å². The van der Waals surface area contributed by atoms with E-state index in [1.165, 1.54) is 12.6 Å². The Kier molecular flexibility index (Phi) is 3.16. The predicted octanol–water partition coefficient (Wildman–Crippen LogP) is 1.69. The number of ether oxygens (including phenoxy) is 1. The maximum atomic E-state index is 13.1. The molecule has 0 saturated carbocycles. The van der Waals surface area contributed by atoms with Gasteiger partial charge in [-0.25, -0.2) is 4.98 Å². The Balaban J connectivity index is 1.90. The molecule has 0 bridgehead atoms. The summed E-state index contributed by atoms with van der Waals surface area (Å²) in [5, 5.41) is 0. The average molecular weight is 210 g/mol. The summed E-state index contributed by atoms with van der Waals surface area (Å²) in [7, 11) is 2.07. The topological polar surface area (TPSA) is 25.4 Å². The summed E-state index contributed by atoms with van der Waals surface area (Å²) in [6.07, 6.45) is 3.74. The molecule has 0 amide bonds. The number of likely N-dealkylation sites (N-methyl/N-ethyl adjacent to an activating group) is 1. The van der Waals surface area contributed by atoms with E-state index in [0.717, 1.165) is 13.0 Å². The van der Waals surface area contributed by atoms with Crippen LogP contribution in [0.1, 0.15) is 12.8 Å². The van der Waals surface area contributed by atoms with Crippen LogP contribution in [-0.4, -0.2) is 36.1 Å². The molecule has 0 radical (unpaired) electrons. The zero-order valence-electron chi connectivity index (χ0n) is 8.82. The van der Waals surface area contributed by atoms with Gasteiger partial charge in [0, 0.05) is 12.2 Å². The molecule has 1 aliphatic heterocycles. The fraction of sp³-hybridized carbons (Fsp3) is 0.545. The Hall–Kier alpha value is -1.16. The number of aromatic nitrogens is 1. The number of likely N-dealkylation sites (tertiary alicyclic amines) is 1. The van der Waals surface area contributed by atoms with E-state index in [1.807, 2.05) is 0 Å². The summed E-state index contributed by atoms with van der Waals surface area (Å²) < 4.78 is 18.5. The van der Waals surface area contributed by atoms with Gasteiger partial charge in [0.25, 0.3) is 5.95 Å². The van der Waals surface area contributed by atoms with Crippen molar-refractivity contribution in [2.45, 2.75) is 18.9 Å². The molecule has 0 aliphatic carbocycles. The molecule has 0 N–H and O–H groups in total. The van der Waals surface area contributed by atoms with Gasteiger partial charge in [0.2, 0.25) is 0 Å². The molecule has 1 saturated heterocycles. The molecule has 1 aliphatic rings. The summed E-state index contributed by atoms with van der Waals surface area (Å²) in [5.74, 6) is -0.282. The molecule has 1 aromatic heterocycles. The van der Waals surface area contributed by atoms with E-state index in [4.69, 9.17) is 4.74 Å². The van der Waals surface area contributed by atoms with Gasteiger partial charge in [0.15, 0.2) is 5.75 Å². The lowest BCUT2D eigenvalue weighted by molar-refractivity contribution is 0.191. The van der Waals surface area contributed by atoms with Gasteiger partial charge in [-0.05, 0) is 38.6 Å². The third kappa shape index (κ3) is 2.45. The van der Waals surface area contributed by atoms with Crippen molar-refractivity contribution >= 4 is 0 Å². The maximum Gasteiger partial charge on any atom is 0.255 e. The number of rotatable bonds is 3. The lowest BCUT2D eigenvalue weighted by Gasteiger charge is -2.19. The largest absolute Gasteiger partial charge is 0.487 e. The second-order valence-corrected chi connectivity index (χ2v) is 3.88. The van der Waals surface area contributed by atoms with Crippen molar-refractivity contribution in [3.8, 4) is 5.75 Å². The molecular formula is C11H15FN2O. The van der Waals surface area contributed by atoms with Crippen LogP contribution in [-0.2, 0) is 0 Å². The highest BCUT2D eigenvalue weighted by Crippen LogP contribution is 2.18. The van der Waals surface area contributed by atoms with Gasteiger partial charge in [-0.15, -0.1) is 0 Å². The fourth-order valence-corrected chi connectivity index (χ4v) is 1.85. The summed E-state index contributed by atoms with van der Waals surface area (Å²) in [4.78, 5) is 5.78. The third-order valence-electron chi connectivity index (χ3n) is 2.83. The monoisotopic (exact) mass is 210 g/mol. The number of nitrogens with zero attached hydrogens (tertiary/aromatic N) is 2. The van der Waals surface area contributed by atoms with E-state index in [-0.39, 0.29) is 5.75 Å². The molecule has 4 heteroatoms. The zero-order chi connectivity index (χ0) is 10.7. The fourth-order valence-electron chi connectivity index (χ4n) is 1.85. The van der Waals surface area contributed by atoms with Gasteiger partial charge in [-0.2, -0.15) is 4.39 Å². The van der Waals surface area contributed by atoms with E-state index in [2.05, 4.69) is 16.9 Å². The number of hydrogen-bond donors (Lipinski definition) is 0. The molecule has 2 heterocycles. The average Bonchev–Trinajstić information content (AvgIpc) is 2.63. The Labute approximate surface area is 88.9 Å². The number of halogens is 1. The predicted molar refractivity (Wildman–Crippen MR) is 55.3 cm³/mol. The number of hydrogen-bond acceptors (Lipinski definition) is 3. The summed E-state index contributed by atoms with van der Waals surface area (Å²) >= 11 is 0. The molecular weight excluding hydrogens is 195 g/mol. The van der Waals surface area contributed by atoms with Crippen molar-refractivity contribution in [2.75, 3.05) is 20.2 Å². The van der Waals surface area contributed by atoms with Gasteiger partial charge in [-0.3, -0.25) is 0 Å². The smallest absolute Gasteiger partial charge is 0.255 e. The van der Waals surface area contributed by atoms with Crippen molar-refractivity contribution in [3.63, 3.8) is 0 Å². The highest BCUT2D eigenvalue weighted by Gasteiger charge is 2.21. The summed E-state index contributed by atoms with van der Waals surface area (Å²) in [6.45, 7) is 1.64. The quantitative estimate of drug-likeness (QED) is 0.710. The Morgan fingerprint density at radius 3 is 3.20 bits per heavy atom. The van der Waals surface area contributed by atoms with E-state index in [9.17, 15) is 4.39 Å². The first-order valence-corrected chi connectivity index (χ1v) is 5.21. The van der Waals surface area contributed by atoms with Crippen molar-refractivity contribution in [1.82, 2.24) is 9.88 Å². The Morgan fingerprint density at radius 1 is 1.67 bits per heavy atom. The first-order chi connectivity index (χ1) is 7.27. The molecule has 1 atom stereocenters. The van der Waals surface area contributed by atoms with Crippen molar-refractivity contribution in [1.29, 1.82) is 0 Å². The van der Waals surface area contributed by atoms with Crippen LogP contribution in [0.3, 0.4) is 0 Å². The van der Waals surface area contributed by atoms with Crippen LogP contribution >= 0.6 is 0 Å². The molecule has 0 aromatic carbocycles. The van der Waals surface area contributed by atoms with Crippen LogP contribution < -0.4 is 4.74 Å². The van der Waals surface area contributed by atoms with Crippen LogP contribution in [0.4, 0.5) is 4.39 Å². The van der Waals surface area contributed by atoms with E-state index in [0.29, 0.717) is 12.6 Å². The van der Waals surface area contributed by atoms with Crippen LogP contribution in [0, 0.1) is 5.95 Å². The highest BCUT2D eigenvalue weighted by atomic mass is 19.1. The van der Waals surface area contributed by atoms with Crippen molar-refractivity contribution in [2.24, 2.45) is 0 Å². The molecule has 1 fully saturated rings.